The molecule has 2 N–H and O–H groups in total. The van der Waals surface area contributed by atoms with E-state index in [2.05, 4.69) is 10.3 Å². The highest BCUT2D eigenvalue weighted by atomic mass is 16.6. The molecule has 0 bridgehead atoms. The number of amides is 1. The van der Waals surface area contributed by atoms with Crippen LogP contribution in [0.1, 0.15) is 17.0 Å². The minimum Gasteiger partial charge on any atom is -0.492 e. The van der Waals surface area contributed by atoms with Crippen LogP contribution in [0, 0.1) is 6.92 Å². The van der Waals surface area contributed by atoms with Gasteiger partial charge in [0.05, 0.1) is 6.54 Å². The van der Waals surface area contributed by atoms with Gasteiger partial charge in [-0.3, -0.25) is 9.69 Å². The topological polar surface area (TPSA) is 114 Å². The number of oxazole rings is 1. The zero-order chi connectivity index (χ0) is 25.3. The van der Waals surface area contributed by atoms with Crippen molar-refractivity contribution in [2.24, 2.45) is 0 Å². The molecule has 1 aromatic heterocycles. The standard InChI is InChI=1S/C27H27N3O6/c1-19-9-11-21(12-10-19)35-27(33)30(18-26(31)32)17-20-5-4-6-22(15-20)34-14-13-28-16-25-29-23-7-2-3-8-24(23)36-25/h2-12,15,28H,13-14,16-18H2,1H3,(H,31,32). The third-order valence-electron chi connectivity index (χ3n) is 5.24. The van der Waals surface area contributed by atoms with Gasteiger partial charge >= 0.3 is 12.1 Å². The van der Waals surface area contributed by atoms with E-state index in [1.807, 2.05) is 43.3 Å². The fourth-order valence-corrected chi connectivity index (χ4v) is 3.51. The van der Waals surface area contributed by atoms with Crippen LogP contribution in [-0.2, 0) is 17.9 Å². The van der Waals surface area contributed by atoms with Gasteiger partial charge in [0.2, 0.25) is 5.89 Å². The molecule has 1 amide bonds. The smallest absolute Gasteiger partial charge is 0.416 e. The van der Waals surface area contributed by atoms with Crippen LogP contribution in [0.5, 0.6) is 11.5 Å². The first-order chi connectivity index (χ1) is 17.5. The number of benzene rings is 3. The third-order valence-corrected chi connectivity index (χ3v) is 5.24. The van der Waals surface area contributed by atoms with Crippen LogP contribution in [0.2, 0.25) is 0 Å². The number of ether oxygens (including phenoxy) is 2. The number of aromatic nitrogens is 1. The molecule has 4 aromatic rings. The number of rotatable bonds is 11. The average molecular weight is 490 g/mol. The number of carboxylic acids is 1. The lowest BCUT2D eigenvalue weighted by molar-refractivity contribution is -0.138. The third kappa shape index (κ3) is 7.07. The Morgan fingerprint density at radius 2 is 1.83 bits per heavy atom. The van der Waals surface area contributed by atoms with Crippen molar-refractivity contribution in [3.05, 3.63) is 89.8 Å². The van der Waals surface area contributed by atoms with Gasteiger partial charge in [-0.15, -0.1) is 0 Å². The lowest BCUT2D eigenvalue weighted by Crippen LogP contribution is -2.37. The molecule has 0 aliphatic heterocycles. The molecular formula is C27H27N3O6. The van der Waals surface area contributed by atoms with Gasteiger partial charge in [0.15, 0.2) is 5.58 Å². The summed E-state index contributed by atoms with van der Waals surface area (Å²) in [5.74, 6) is 0.435. The molecule has 0 saturated carbocycles. The summed E-state index contributed by atoms with van der Waals surface area (Å²) in [6, 6.07) is 21.7. The van der Waals surface area contributed by atoms with Crippen molar-refractivity contribution in [1.82, 2.24) is 15.2 Å². The molecule has 0 aliphatic carbocycles. The highest BCUT2D eigenvalue weighted by Gasteiger charge is 2.20. The van der Waals surface area contributed by atoms with Crippen LogP contribution in [-0.4, -0.2) is 46.7 Å². The summed E-state index contributed by atoms with van der Waals surface area (Å²) in [5, 5.41) is 12.5. The molecule has 0 fully saturated rings. The van der Waals surface area contributed by atoms with E-state index >= 15 is 0 Å². The predicted molar refractivity (Wildman–Crippen MR) is 133 cm³/mol. The number of para-hydroxylation sites is 2. The molecule has 36 heavy (non-hydrogen) atoms. The van der Waals surface area contributed by atoms with Crippen molar-refractivity contribution in [1.29, 1.82) is 0 Å². The van der Waals surface area contributed by atoms with Gasteiger partial charge < -0.3 is 24.3 Å². The Balaban J connectivity index is 1.28. The molecule has 186 valence electrons. The van der Waals surface area contributed by atoms with E-state index in [4.69, 9.17) is 13.9 Å². The number of aryl methyl sites for hydroxylation is 1. The number of nitrogens with zero attached hydrogens (tertiary/aromatic N) is 2. The monoisotopic (exact) mass is 489 g/mol. The second-order valence-electron chi connectivity index (χ2n) is 8.18. The minimum atomic E-state index is -1.13. The van der Waals surface area contributed by atoms with E-state index in [1.54, 1.807) is 36.4 Å². The first-order valence-electron chi connectivity index (χ1n) is 11.5. The molecule has 0 spiro atoms. The Labute approximate surface area is 208 Å². The molecule has 4 rings (SSSR count). The van der Waals surface area contributed by atoms with Crippen LogP contribution < -0.4 is 14.8 Å². The number of nitrogens with one attached hydrogen (secondary N) is 1. The second-order valence-corrected chi connectivity index (χ2v) is 8.18. The summed E-state index contributed by atoms with van der Waals surface area (Å²) < 4.78 is 16.8. The lowest BCUT2D eigenvalue weighted by atomic mass is 10.2. The molecule has 3 aromatic carbocycles. The number of fused-ring (bicyclic) bond motifs is 1. The van der Waals surface area contributed by atoms with E-state index in [-0.39, 0.29) is 6.54 Å². The average Bonchev–Trinajstić information content (AvgIpc) is 3.28. The fraction of sp³-hybridized carbons (Fsp3) is 0.222. The van der Waals surface area contributed by atoms with Crippen LogP contribution in [0.4, 0.5) is 4.79 Å². The molecule has 9 nitrogen and oxygen atoms in total. The SMILES string of the molecule is Cc1ccc(OC(=O)N(CC(=O)O)Cc2cccc(OCCNCc3nc4ccccc4o3)c2)cc1. The van der Waals surface area contributed by atoms with Crippen molar-refractivity contribution < 1.29 is 28.6 Å². The first-order valence-corrected chi connectivity index (χ1v) is 11.5. The highest BCUT2D eigenvalue weighted by molar-refractivity contribution is 5.78. The zero-order valence-electron chi connectivity index (χ0n) is 19.8. The van der Waals surface area contributed by atoms with Crippen LogP contribution in [0.25, 0.3) is 11.1 Å². The largest absolute Gasteiger partial charge is 0.492 e. The summed E-state index contributed by atoms with van der Waals surface area (Å²) in [5.41, 5.74) is 3.31. The van der Waals surface area contributed by atoms with Crippen molar-refractivity contribution in [3.63, 3.8) is 0 Å². The van der Waals surface area contributed by atoms with Crippen molar-refractivity contribution in [3.8, 4) is 11.5 Å². The number of hydrogen-bond acceptors (Lipinski definition) is 7. The Morgan fingerprint density at radius 1 is 1.03 bits per heavy atom. The highest BCUT2D eigenvalue weighted by Crippen LogP contribution is 2.18. The summed E-state index contributed by atoms with van der Waals surface area (Å²) in [6.45, 7) is 2.94. The Morgan fingerprint density at radius 3 is 2.61 bits per heavy atom. The van der Waals surface area contributed by atoms with Gasteiger partial charge in [0.1, 0.15) is 30.2 Å². The normalized spacial score (nSPS) is 10.8. The van der Waals surface area contributed by atoms with Gasteiger partial charge in [0, 0.05) is 13.1 Å². The molecule has 0 aliphatic rings. The molecule has 0 radical (unpaired) electrons. The van der Waals surface area contributed by atoms with E-state index in [0.717, 1.165) is 21.6 Å². The minimum absolute atomic E-state index is 0.0597. The summed E-state index contributed by atoms with van der Waals surface area (Å²) in [4.78, 5) is 29.5. The predicted octanol–water partition coefficient (Wildman–Crippen LogP) is 4.39. The van der Waals surface area contributed by atoms with Crippen molar-refractivity contribution in [2.45, 2.75) is 20.0 Å². The second kappa shape index (κ2) is 11.9. The summed E-state index contributed by atoms with van der Waals surface area (Å²) in [6.07, 6.45) is -0.740. The molecule has 9 heteroatoms. The van der Waals surface area contributed by atoms with E-state index < -0.39 is 18.6 Å². The molecule has 0 atom stereocenters. The van der Waals surface area contributed by atoms with Crippen LogP contribution in [0.3, 0.4) is 0 Å². The fourth-order valence-electron chi connectivity index (χ4n) is 3.51. The van der Waals surface area contributed by atoms with Gasteiger partial charge in [-0.05, 0) is 48.9 Å². The molecule has 0 unspecified atom stereocenters. The molecule has 1 heterocycles. The van der Waals surface area contributed by atoms with E-state index in [9.17, 15) is 14.7 Å². The Bertz CT molecular complexity index is 1290. The van der Waals surface area contributed by atoms with Gasteiger partial charge in [-0.1, -0.05) is 42.0 Å². The van der Waals surface area contributed by atoms with Gasteiger partial charge in [-0.25, -0.2) is 9.78 Å². The van der Waals surface area contributed by atoms with Crippen LogP contribution >= 0.6 is 0 Å². The van der Waals surface area contributed by atoms with Gasteiger partial charge in [-0.2, -0.15) is 0 Å². The maximum absolute atomic E-state index is 12.6. The first kappa shape index (κ1) is 24.7. The number of hydrogen-bond donors (Lipinski definition) is 2. The summed E-state index contributed by atoms with van der Waals surface area (Å²) >= 11 is 0. The Kier molecular flexibility index (Phi) is 8.15. The quantitative estimate of drug-likeness (QED) is 0.298. The van der Waals surface area contributed by atoms with Crippen molar-refractivity contribution in [2.75, 3.05) is 19.7 Å². The number of aliphatic carboxylic acids is 1. The number of carbonyl (C=O) groups is 2. The maximum atomic E-state index is 12.6. The summed E-state index contributed by atoms with van der Waals surface area (Å²) in [7, 11) is 0. The number of carboxylic acid groups (broad SMARTS) is 1. The zero-order valence-corrected chi connectivity index (χ0v) is 19.8. The number of carbonyl (C=O) groups excluding carboxylic acids is 1. The molecule has 0 saturated heterocycles. The molecular weight excluding hydrogens is 462 g/mol. The van der Waals surface area contributed by atoms with E-state index in [1.165, 1.54) is 0 Å². The Hall–Kier alpha value is -4.37. The van der Waals surface area contributed by atoms with Crippen LogP contribution in [0.15, 0.2) is 77.2 Å². The van der Waals surface area contributed by atoms with Crippen molar-refractivity contribution >= 4 is 23.2 Å². The van der Waals surface area contributed by atoms with Gasteiger partial charge in [0.25, 0.3) is 0 Å². The lowest BCUT2D eigenvalue weighted by Gasteiger charge is -2.20. The van der Waals surface area contributed by atoms with E-state index in [0.29, 0.717) is 42.6 Å². The maximum Gasteiger partial charge on any atom is 0.416 e.